The van der Waals surface area contributed by atoms with E-state index in [9.17, 15) is 15.0 Å². The second-order valence-corrected chi connectivity index (χ2v) is 9.22. The van der Waals surface area contributed by atoms with Gasteiger partial charge in [-0.25, -0.2) is 4.79 Å². The van der Waals surface area contributed by atoms with Crippen LogP contribution in [0.1, 0.15) is 134 Å². The van der Waals surface area contributed by atoms with Crippen molar-refractivity contribution in [1.29, 1.82) is 0 Å². The summed E-state index contributed by atoms with van der Waals surface area (Å²) in [4.78, 5) is 12.1. The van der Waals surface area contributed by atoms with Gasteiger partial charge in [-0.15, -0.1) is 0 Å². The maximum absolute atomic E-state index is 12.1. The first-order valence-corrected chi connectivity index (χ1v) is 14.1. The number of unbranched alkanes of at least 4 members (excludes halogenated alkanes) is 12. The van der Waals surface area contributed by atoms with Gasteiger partial charge >= 0.3 is 5.97 Å². The number of aromatic hydroxyl groups is 1. The van der Waals surface area contributed by atoms with Crippen LogP contribution >= 0.6 is 0 Å². The maximum Gasteiger partial charge on any atom is 0.343 e. The molecule has 0 fully saturated rings. The molecule has 0 bridgehead atoms. The van der Waals surface area contributed by atoms with E-state index in [0.717, 1.165) is 32.1 Å². The summed E-state index contributed by atoms with van der Waals surface area (Å²) in [6, 6.07) is 0. The van der Waals surface area contributed by atoms with Gasteiger partial charge in [0.1, 0.15) is 0 Å². The number of rotatable bonds is 22. The minimum Gasteiger partial charge on any atom is -0.504 e. The van der Waals surface area contributed by atoms with Crippen LogP contribution in [0.4, 0.5) is 0 Å². The Morgan fingerprint density at radius 2 is 1.09 bits per heavy atom. The van der Waals surface area contributed by atoms with Gasteiger partial charge in [0.2, 0.25) is 0 Å². The Balaban J connectivity index is 2.96. The van der Waals surface area contributed by atoms with Crippen LogP contribution in [0.15, 0.2) is 0 Å². The first kappa shape index (κ1) is 30.9. The normalized spacial score (nSPS) is 11.0. The van der Waals surface area contributed by atoms with Crippen LogP contribution in [-0.2, 0) is 6.42 Å². The molecular formula is C29H50O6. The van der Waals surface area contributed by atoms with Gasteiger partial charge in [0.15, 0.2) is 28.6 Å². The molecule has 1 rings (SSSR count). The van der Waals surface area contributed by atoms with Crippen molar-refractivity contribution in [3.8, 4) is 23.0 Å². The lowest BCUT2D eigenvalue weighted by atomic mass is 10.0. The highest BCUT2D eigenvalue weighted by atomic mass is 16.5. The Labute approximate surface area is 213 Å². The second-order valence-electron chi connectivity index (χ2n) is 9.22. The number of benzene rings is 1. The van der Waals surface area contributed by atoms with Crippen molar-refractivity contribution in [2.24, 2.45) is 0 Å². The topological polar surface area (TPSA) is 85.2 Å². The third-order valence-electron chi connectivity index (χ3n) is 6.28. The van der Waals surface area contributed by atoms with E-state index in [0.29, 0.717) is 37.6 Å². The minimum atomic E-state index is -1.25. The van der Waals surface area contributed by atoms with Gasteiger partial charge in [0, 0.05) is 5.56 Å². The van der Waals surface area contributed by atoms with E-state index in [4.69, 9.17) is 14.2 Å². The van der Waals surface area contributed by atoms with Crippen molar-refractivity contribution in [2.45, 2.75) is 124 Å². The van der Waals surface area contributed by atoms with Crippen molar-refractivity contribution in [1.82, 2.24) is 0 Å². The van der Waals surface area contributed by atoms with Crippen LogP contribution in [-0.4, -0.2) is 36.0 Å². The molecule has 202 valence electrons. The fourth-order valence-electron chi connectivity index (χ4n) is 4.29. The van der Waals surface area contributed by atoms with Crippen molar-refractivity contribution in [3.05, 3.63) is 11.1 Å². The molecular weight excluding hydrogens is 444 g/mol. The Hall–Kier alpha value is -2.11. The molecule has 6 nitrogen and oxygen atoms in total. The summed E-state index contributed by atoms with van der Waals surface area (Å²) in [6.45, 7) is 9.35. The summed E-state index contributed by atoms with van der Waals surface area (Å²) in [7, 11) is 0. The van der Waals surface area contributed by atoms with E-state index < -0.39 is 5.97 Å². The zero-order valence-electron chi connectivity index (χ0n) is 22.8. The number of phenols is 1. The molecule has 0 amide bonds. The lowest BCUT2D eigenvalue weighted by Crippen LogP contribution is -2.12. The molecule has 0 aliphatic heterocycles. The fraction of sp³-hybridized carbons (Fsp3) is 0.759. The summed E-state index contributed by atoms with van der Waals surface area (Å²) < 4.78 is 17.8. The van der Waals surface area contributed by atoms with E-state index in [2.05, 4.69) is 13.8 Å². The SMILES string of the molecule is CCCCCCCCCOc1c(CC)c(OCC)c(O)c(C(=O)O)c1OCCCCCCCCC. The van der Waals surface area contributed by atoms with Gasteiger partial charge in [0.25, 0.3) is 0 Å². The molecule has 0 heterocycles. The molecule has 0 saturated heterocycles. The summed E-state index contributed by atoms with van der Waals surface area (Å²) in [6.07, 6.45) is 16.6. The van der Waals surface area contributed by atoms with Crippen LogP contribution in [0.25, 0.3) is 0 Å². The van der Waals surface area contributed by atoms with Crippen LogP contribution in [0.2, 0.25) is 0 Å². The van der Waals surface area contributed by atoms with E-state index in [1.54, 1.807) is 0 Å². The second kappa shape index (κ2) is 19.1. The smallest absolute Gasteiger partial charge is 0.343 e. The van der Waals surface area contributed by atoms with E-state index in [1.807, 2.05) is 13.8 Å². The first-order chi connectivity index (χ1) is 17.0. The van der Waals surface area contributed by atoms with Crippen LogP contribution in [0, 0.1) is 0 Å². The molecule has 0 aliphatic carbocycles. The number of carboxylic acids is 1. The monoisotopic (exact) mass is 494 g/mol. The number of aromatic carboxylic acids is 1. The minimum absolute atomic E-state index is 0.129. The molecule has 0 spiro atoms. The lowest BCUT2D eigenvalue weighted by molar-refractivity contribution is 0.0686. The Kier molecular flexibility index (Phi) is 16.9. The van der Waals surface area contributed by atoms with Gasteiger partial charge in [-0.05, 0) is 26.2 Å². The summed E-state index contributed by atoms with van der Waals surface area (Å²) in [5.41, 5.74) is 0.384. The third kappa shape index (κ3) is 11.0. The number of carboxylic acid groups (broad SMARTS) is 1. The van der Waals surface area contributed by atoms with Crippen LogP contribution in [0.3, 0.4) is 0 Å². The van der Waals surface area contributed by atoms with Crippen LogP contribution in [0.5, 0.6) is 23.0 Å². The van der Waals surface area contributed by atoms with E-state index >= 15 is 0 Å². The van der Waals surface area contributed by atoms with E-state index in [1.165, 1.54) is 57.8 Å². The van der Waals surface area contributed by atoms with Crippen molar-refractivity contribution >= 4 is 5.97 Å². The zero-order chi connectivity index (χ0) is 25.9. The zero-order valence-corrected chi connectivity index (χ0v) is 22.8. The third-order valence-corrected chi connectivity index (χ3v) is 6.28. The molecule has 1 aromatic carbocycles. The van der Waals surface area contributed by atoms with Gasteiger partial charge < -0.3 is 24.4 Å². The predicted octanol–water partition coefficient (Wildman–Crippen LogP) is 8.31. The Morgan fingerprint density at radius 3 is 1.51 bits per heavy atom. The molecule has 2 N–H and O–H groups in total. The maximum atomic E-state index is 12.1. The summed E-state index contributed by atoms with van der Waals surface area (Å²) >= 11 is 0. The van der Waals surface area contributed by atoms with Gasteiger partial charge in [-0.2, -0.15) is 0 Å². The number of hydrogen-bond donors (Lipinski definition) is 2. The molecule has 0 atom stereocenters. The molecule has 0 aliphatic rings. The molecule has 0 saturated carbocycles. The molecule has 6 heteroatoms. The number of carbonyl (C=O) groups is 1. The standard InChI is InChI=1S/C29H50O6/c1-5-9-11-13-15-17-19-21-34-27-23(7-3)26(33-8-4)25(30)24(29(31)32)28(27)35-22-20-18-16-14-12-10-6-2/h30H,5-22H2,1-4H3,(H,31,32). The highest BCUT2D eigenvalue weighted by Crippen LogP contribution is 2.48. The average molecular weight is 495 g/mol. The number of hydrogen-bond acceptors (Lipinski definition) is 5. The largest absolute Gasteiger partial charge is 0.504 e. The fourth-order valence-corrected chi connectivity index (χ4v) is 4.29. The Bertz CT molecular complexity index is 716. The quantitative estimate of drug-likeness (QED) is 0.158. The van der Waals surface area contributed by atoms with Crippen molar-refractivity contribution in [3.63, 3.8) is 0 Å². The van der Waals surface area contributed by atoms with Crippen molar-refractivity contribution in [2.75, 3.05) is 19.8 Å². The molecule has 1 aromatic rings. The number of ether oxygens (including phenoxy) is 3. The molecule has 0 aromatic heterocycles. The summed E-state index contributed by atoms with van der Waals surface area (Å²) in [5, 5.41) is 20.7. The first-order valence-electron chi connectivity index (χ1n) is 14.1. The summed E-state index contributed by atoms with van der Waals surface area (Å²) in [5.74, 6) is -0.912. The Morgan fingerprint density at radius 1 is 0.629 bits per heavy atom. The van der Waals surface area contributed by atoms with Gasteiger partial charge in [-0.1, -0.05) is 97.8 Å². The van der Waals surface area contributed by atoms with Gasteiger partial charge in [-0.3, -0.25) is 0 Å². The molecule has 0 unspecified atom stereocenters. The van der Waals surface area contributed by atoms with Crippen molar-refractivity contribution < 1.29 is 29.2 Å². The van der Waals surface area contributed by atoms with Gasteiger partial charge in [0.05, 0.1) is 19.8 Å². The highest BCUT2D eigenvalue weighted by Gasteiger charge is 2.30. The van der Waals surface area contributed by atoms with E-state index in [-0.39, 0.29) is 22.8 Å². The lowest BCUT2D eigenvalue weighted by Gasteiger charge is -2.22. The average Bonchev–Trinajstić information content (AvgIpc) is 2.84. The van der Waals surface area contributed by atoms with Crippen LogP contribution < -0.4 is 14.2 Å². The predicted molar refractivity (Wildman–Crippen MR) is 143 cm³/mol. The molecule has 35 heavy (non-hydrogen) atoms. The molecule has 0 radical (unpaired) electrons. The highest BCUT2D eigenvalue weighted by molar-refractivity contribution is 5.97.